The number of halogens is 4. The van der Waals surface area contributed by atoms with Crippen molar-refractivity contribution in [3.63, 3.8) is 0 Å². The molecule has 0 heterocycles. The zero-order valence-corrected chi connectivity index (χ0v) is 17.4. The SMILES string of the molecule is CC(C)OC(Cc1cccc(CNC(=O)OCc2ccc(C(F)(F)F)c(F)c2)c1)C(=O)O. The number of carboxylic acids is 1. The normalized spacial score (nSPS) is 12.5. The molecule has 1 amide bonds. The molecule has 2 N–H and O–H groups in total. The Morgan fingerprint density at radius 2 is 1.75 bits per heavy atom. The van der Waals surface area contributed by atoms with Crippen LogP contribution < -0.4 is 5.32 Å². The van der Waals surface area contributed by atoms with E-state index in [0.29, 0.717) is 23.3 Å². The second kappa shape index (κ2) is 10.9. The van der Waals surface area contributed by atoms with Gasteiger partial charge in [-0.05, 0) is 42.7 Å². The first-order chi connectivity index (χ1) is 15.0. The molecule has 0 fully saturated rings. The molecule has 10 heteroatoms. The quantitative estimate of drug-likeness (QED) is 0.534. The highest BCUT2D eigenvalue weighted by Crippen LogP contribution is 2.31. The Morgan fingerprint density at radius 1 is 1.06 bits per heavy atom. The molecule has 0 aromatic heterocycles. The first kappa shape index (κ1) is 25.1. The number of rotatable bonds is 9. The molecule has 6 nitrogen and oxygen atoms in total. The van der Waals surface area contributed by atoms with Crippen LogP contribution in [0.1, 0.15) is 36.1 Å². The number of nitrogens with one attached hydrogen (secondary N) is 1. The van der Waals surface area contributed by atoms with Crippen LogP contribution in [0.5, 0.6) is 0 Å². The lowest BCUT2D eigenvalue weighted by atomic mass is 10.0. The van der Waals surface area contributed by atoms with E-state index in [1.807, 2.05) is 0 Å². The molecule has 0 spiro atoms. The van der Waals surface area contributed by atoms with E-state index in [4.69, 9.17) is 9.47 Å². The van der Waals surface area contributed by atoms with Gasteiger partial charge in [0.15, 0.2) is 6.10 Å². The minimum Gasteiger partial charge on any atom is -0.479 e. The molecule has 0 radical (unpaired) electrons. The number of hydrogen-bond acceptors (Lipinski definition) is 4. The van der Waals surface area contributed by atoms with Gasteiger partial charge in [-0.25, -0.2) is 14.0 Å². The fourth-order valence-electron chi connectivity index (χ4n) is 2.86. The molecule has 0 saturated heterocycles. The van der Waals surface area contributed by atoms with Gasteiger partial charge in [-0.2, -0.15) is 13.2 Å². The van der Waals surface area contributed by atoms with Gasteiger partial charge in [-0.15, -0.1) is 0 Å². The third kappa shape index (κ3) is 7.84. The molecule has 2 rings (SSSR count). The van der Waals surface area contributed by atoms with E-state index in [2.05, 4.69) is 5.32 Å². The van der Waals surface area contributed by atoms with Crippen LogP contribution in [0, 0.1) is 5.82 Å². The standard InChI is InChI=1S/C22H23F4NO5/c1-13(2)32-19(20(28)29)10-14-4-3-5-15(8-14)11-27-21(30)31-12-16-6-7-17(18(23)9-16)22(24,25)26/h3-9,13,19H,10-12H2,1-2H3,(H,27,30)(H,28,29). The number of hydrogen-bond donors (Lipinski definition) is 2. The van der Waals surface area contributed by atoms with E-state index in [1.54, 1.807) is 38.1 Å². The summed E-state index contributed by atoms with van der Waals surface area (Å²) in [6.07, 6.45) is -6.77. The Bertz CT molecular complexity index is 946. The molecular formula is C22H23F4NO5. The van der Waals surface area contributed by atoms with Crippen molar-refractivity contribution in [2.45, 2.75) is 51.8 Å². The van der Waals surface area contributed by atoms with E-state index < -0.39 is 42.3 Å². The molecule has 1 unspecified atom stereocenters. The zero-order chi connectivity index (χ0) is 23.9. The lowest BCUT2D eigenvalue weighted by molar-refractivity contribution is -0.153. The summed E-state index contributed by atoms with van der Waals surface area (Å²) in [6, 6.07) is 9.15. The predicted molar refractivity (Wildman–Crippen MR) is 106 cm³/mol. The van der Waals surface area contributed by atoms with Crippen molar-refractivity contribution in [2.24, 2.45) is 0 Å². The Morgan fingerprint density at radius 3 is 2.34 bits per heavy atom. The minimum atomic E-state index is -4.80. The van der Waals surface area contributed by atoms with Gasteiger partial charge in [0.05, 0.1) is 11.7 Å². The predicted octanol–water partition coefficient (Wildman–Crippen LogP) is 4.69. The maximum Gasteiger partial charge on any atom is 0.419 e. The highest BCUT2D eigenvalue weighted by atomic mass is 19.4. The van der Waals surface area contributed by atoms with E-state index in [-0.39, 0.29) is 24.6 Å². The Balaban J connectivity index is 1.88. The van der Waals surface area contributed by atoms with Crippen LogP contribution in [0.3, 0.4) is 0 Å². The number of alkyl halides is 3. The first-order valence-corrected chi connectivity index (χ1v) is 9.68. The van der Waals surface area contributed by atoms with Crippen molar-refractivity contribution in [1.82, 2.24) is 5.32 Å². The van der Waals surface area contributed by atoms with Crippen LogP contribution in [-0.4, -0.2) is 29.4 Å². The molecule has 174 valence electrons. The summed E-state index contributed by atoms with van der Waals surface area (Å²) in [4.78, 5) is 23.2. The van der Waals surface area contributed by atoms with Crippen molar-refractivity contribution in [3.8, 4) is 0 Å². The zero-order valence-electron chi connectivity index (χ0n) is 17.4. The number of benzene rings is 2. The van der Waals surface area contributed by atoms with Gasteiger partial charge in [0.2, 0.25) is 0 Å². The topological polar surface area (TPSA) is 84.9 Å². The summed E-state index contributed by atoms with van der Waals surface area (Å²) >= 11 is 0. The van der Waals surface area contributed by atoms with E-state index in [9.17, 15) is 32.3 Å². The molecule has 1 atom stereocenters. The lowest BCUT2D eigenvalue weighted by Gasteiger charge is -2.17. The van der Waals surface area contributed by atoms with Gasteiger partial charge in [0.1, 0.15) is 12.4 Å². The van der Waals surface area contributed by atoms with Gasteiger partial charge < -0.3 is 19.9 Å². The van der Waals surface area contributed by atoms with Gasteiger partial charge in [-0.1, -0.05) is 30.3 Å². The number of carboxylic acid groups (broad SMARTS) is 1. The van der Waals surface area contributed by atoms with Crippen molar-refractivity contribution >= 4 is 12.1 Å². The van der Waals surface area contributed by atoms with Crippen molar-refractivity contribution in [3.05, 3.63) is 70.5 Å². The van der Waals surface area contributed by atoms with Gasteiger partial charge >= 0.3 is 18.2 Å². The maximum atomic E-state index is 13.6. The average molecular weight is 457 g/mol. The number of carbonyl (C=O) groups is 2. The highest BCUT2D eigenvalue weighted by molar-refractivity contribution is 5.72. The monoisotopic (exact) mass is 457 g/mol. The molecule has 2 aromatic carbocycles. The number of carbonyl (C=O) groups excluding carboxylic acids is 1. The molecule has 0 aliphatic carbocycles. The Labute approximate surface area is 182 Å². The van der Waals surface area contributed by atoms with Gasteiger partial charge in [0, 0.05) is 13.0 Å². The summed E-state index contributed by atoms with van der Waals surface area (Å²) in [5.74, 6) is -2.53. The summed E-state index contributed by atoms with van der Waals surface area (Å²) in [5, 5.41) is 11.7. The third-order valence-electron chi connectivity index (χ3n) is 4.27. The van der Waals surface area contributed by atoms with Crippen LogP contribution >= 0.6 is 0 Å². The fraction of sp³-hybridized carbons (Fsp3) is 0.364. The first-order valence-electron chi connectivity index (χ1n) is 9.68. The summed E-state index contributed by atoms with van der Waals surface area (Å²) in [7, 11) is 0. The minimum absolute atomic E-state index is 0.0663. The molecule has 0 bridgehead atoms. The number of alkyl carbamates (subject to hydrolysis) is 1. The largest absolute Gasteiger partial charge is 0.479 e. The summed E-state index contributed by atoms with van der Waals surface area (Å²) in [5.41, 5.74) is 0.0479. The fourth-order valence-corrected chi connectivity index (χ4v) is 2.86. The van der Waals surface area contributed by atoms with Crippen molar-refractivity contribution in [2.75, 3.05) is 0 Å². The van der Waals surface area contributed by atoms with Crippen LogP contribution in [0.15, 0.2) is 42.5 Å². The Kier molecular flexibility index (Phi) is 8.59. The third-order valence-corrected chi connectivity index (χ3v) is 4.27. The second-order valence-electron chi connectivity index (χ2n) is 7.28. The van der Waals surface area contributed by atoms with Gasteiger partial charge in [0.25, 0.3) is 0 Å². The van der Waals surface area contributed by atoms with E-state index >= 15 is 0 Å². The molecule has 32 heavy (non-hydrogen) atoms. The van der Waals surface area contributed by atoms with Crippen LogP contribution in [0.25, 0.3) is 0 Å². The van der Waals surface area contributed by atoms with Crippen molar-refractivity contribution < 1.29 is 41.7 Å². The summed E-state index contributed by atoms with van der Waals surface area (Å²) in [6.45, 7) is 3.13. The van der Waals surface area contributed by atoms with Gasteiger partial charge in [-0.3, -0.25) is 0 Å². The molecule has 0 aliphatic rings. The maximum absolute atomic E-state index is 13.6. The Hall–Kier alpha value is -3.14. The highest BCUT2D eigenvalue weighted by Gasteiger charge is 2.33. The molecule has 2 aromatic rings. The molecule has 0 saturated carbocycles. The number of aliphatic carboxylic acids is 1. The number of ether oxygens (including phenoxy) is 2. The summed E-state index contributed by atoms with van der Waals surface area (Å²) < 4.78 is 61.6. The van der Waals surface area contributed by atoms with Crippen LogP contribution in [0.4, 0.5) is 22.4 Å². The molecule has 0 aliphatic heterocycles. The molecular weight excluding hydrogens is 434 g/mol. The van der Waals surface area contributed by atoms with Crippen LogP contribution in [-0.2, 0) is 40.0 Å². The van der Waals surface area contributed by atoms with E-state index in [1.165, 1.54) is 0 Å². The van der Waals surface area contributed by atoms with Crippen molar-refractivity contribution in [1.29, 1.82) is 0 Å². The lowest BCUT2D eigenvalue weighted by Crippen LogP contribution is -2.29. The van der Waals surface area contributed by atoms with Crippen LogP contribution in [0.2, 0.25) is 0 Å². The number of amides is 1. The second-order valence-corrected chi connectivity index (χ2v) is 7.28. The smallest absolute Gasteiger partial charge is 0.419 e. The average Bonchev–Trinajstić information content (AvgIpc) is 2.69. The van der Waals surface area contributed by atoms with E-state index in [0.717, 1.165) is 6.07 Å².